The van der Waals surface area contributed by atoms with E-state index in [0.717, 1.165) is 5.75 Å². The molecule has 0 saturated heterocycles. The van der Waals surface area contributed by atoms with Gasteiger partial charge < -0.3 is 4.74 Å². The van der Waals surface area contributed by atoms with Crippen molar-refractivity contribution in [3.05, 3.63) is 51.2 Å². The summed E-state index contributed by atoms with van der Waals surface area (Å²) in [5.41, 5.74) is 4.01. The smallest absolute Gasteiger partial charge is 0.119 e. The Labute approximate surface area is 116 Å². The van der Waals surface area contributed by atoms with Crippen LogP contribution in [-0.2, 0) is 0 Å². The van der Waals surface area contributed by atoms with Crippen LogP contribution >= 0.6 is 22.9 Å². The van der Waals surface area contributed by atoms with Crippen molar-refractivity contribution < 1.29 is 4.74 Å². The van der Waals surface area contributed by atoms with Crippen LogP contribution in [0.3, 0.4) is 0 Å². The van der Waals surface area contributed by atoms with Gasteiger partial charge >= 0.3 is 0 Å². The van der Waals surface area contributed by atoms with E-state index in [-0.39, 0.29) is 6.04 Å². The van der Waals surface area contributed by atoms with Gasteiger partial charge in [-0.25, -0.2) is 5.43 Å². The lowest BCUT2D eigenvalue weighted by Crippen LogP contribution is -2.32. The molecule has 2 aromatic rings. The Morgan fingerprint density at radius 1 is 1.33 bits per heavy atom. The van der Waals surface area contributed by atoms with Crippen LogP contribution in [0.1, 0.15) is 16.5 Å². The second-order valence-corrected chi connectivity index (χ2v) is 5.34. The number of benzene rings is 1. The fourth-order valence-corrected chi connectivity index (χ4v) is 2.75. The van der Waals surface area contributed by atoms with Crippen LogP contribution in [0.5, 0.6) is 5.75 Å². The van der Waals surface area contributed by atoms with Gasteiger partial charge in [0.25, 0.3) is 0 Å². The fraction of sp³-hybridized carbons (Fsp3) is 0.231. The maximum Gasteiger partial charge on any atom is 0.119 e. The van der Waals surface area contributed by atoms with E-state index in [0.29, 0.717) is 11.6 Å². The van der Waals surface area contributed by atoms with Crippen molar-refractivity contribution in [3.8, 4) is 5.75 Å². The Bertz CT molecular complexity index is 498. The predicted octanol–water partition coefficient (Wildman–Crippen LogP) is 3.29. The molecule has 18 heavy (non-hydrogen) atoms. The summed E-state index contributed by atoms with van der Waals surface area (Å²) in [6.45, 7) is 2.55. The normalized spacial score (nSPS) is 12.4. The number of ether oxygens (including phenoxy) is 1. The molecule has 0 aliphatic heterocycles. The van der Waals surface area contributed by atoms with Crippen molar-refractivity contribution in [2.75, 3.05) is 6.61 Å². The highest BCUT2D eigenvalue weighted by molar-refractivity contribution is 7.10. The molecule has 2 rings (SSSR count). The number of hydrogen-bond acceptors (Lipinski definition) is 4. The Balaban J connectivity index is 2.00. The molecular weight excluding hydrogens is 268 g/mol. The Hall–Kier alpha value is -1.07. The number of aryl methyl sites for hydroxylation is 1. The highest BCUT2D eigenvalue weighted by atomic mass is 35.5. The summed E-state index contributed by atoms with van der Waals surface area (Å²) in [5, 5.41) is 2.75. The topological polar surface area (TPSA) is 47.3 Å². The third-order valence-electron chi connectivity index (χ3n) is 2.65. The van der Waals surface area contributed by atoms with Gasteiger partial charge in [0.2, 0.25) is 0 Å². The monoisotopic (exact) mass is 282 g/mol. The van der Waals surface area contributed by atoms with E-state index in [1.165, 1.54) is 10.4 Å². The average Bonchev–Trinajstić information content (AvgIpc) is 2.79. The SMILES string of the molecule is Cc1ccsc1C(COc1ccc(Cl)cc1)NN. The van der Waals surface area contributed by atoms with Crippen LogP contribution in [0.25, 0.3) is 0 Å². The molecule has 0 amide bonds. The molecular formula is C13H15ClN2OS. The van der Waals surface area contributed by atoms with Crippen molar-refractivity contribution >= 4 is 22.9 Å². The van der Waals surface area contributed by atoms with Crippen molar-refractivity contribution in [1.29, 1.82) is 0 Å². The molecule has 0 fully saturated rings. The minimum atomic E-state index is 0.000628. The van der Waals surface area contributed by atoms with Gasteiger partial charge in [0.1, 0.15) is 12.4 Å². The second kappa shape index (κ2) is 6.20. The zero-order valence-corrected chi connectivity index (χ0v) is 11.6. The highest BCUT2D eigenvalue weighted by Crippen LogP contribution is 2.24. The molecule has 0 aliphatic carbocycles. The summed E-state index contributed by atoms with van der Waals surface area (Å²) in [7, 11) is 0. The number of hydrazine groups is 1. The van der Waals surface area contributed by atoms with E-state index < -0.39 is 0 Å². The van der Waals surface area contributed by atoms with Crippen LogP contribution < -0.4 is 16.0 Å². The first-order valence-electron chi connectivity index (χ1n) is 5.59. The molecule has 5 heteroatoms. The summed E-state index contributed by atoms with van der Waals surface area (Å²) in [6, 6.07) is 9.37. The summed E-state index contributed by atoms with van der Waals surface area (Å²) in [5.74, 6) is 6.36. The number of halogens is 1. The van der Waals surface area contributed by atoms with Crippen LogP contribution in [0.2, 0.25) is 5.02 Å². The lowest BCUT2D eigenvalue weighted by atomic mass is 10.2. The van der Waals surface area contributed by atoms with Crippen LogP contribution in [0.15, 0.2) is 35.7 Å². The van der Waals surface area contributed by atoms with E-state index >= 15 is 0 Å². The quantitative estimate of drug-likeness (QED) is 0.653. The van der Waals surface area contributed by atoms with E-state index in [1.807, 2.05) is 12.1 Å². The highest BCUT2D eigenvalue weighted by Gasteiger charge is 2.14. The first-order valence-corrected chi connectivity index (χ1v) is 6.85. The van der Waals surface area contributed by atoms with Gasteiger partial charge in [-0.05, 0) is 48.2 Å². The molecule has 3 N–H and O–H groups in total. The number of nitrogens with two attached hydrogens (primary N) is 1. The van der Waals surface area contributed by atoms with Crippen molar-refractivity contribution in [2.45, 2.75) is 13.0 Å². The number of nitrogens with one attached hydrogen (secondary N) is 1. The first kappa shape index (κ1) is 13.4. The van der Waals surface area contributed by atoms with Crippen LogP contribution in [0.4, 0.5) is 0 Å². The molecule has 3 nitrogen and oxygen atoms in total. The van der Waals surface area contributed by atoms with Gasteiger partial charge in [0.05, 0.1) is 6.04 Å². The van der Waals surface area contributed by atoms with Gasteiger partial charge in [0.15, 0.2) is 0 Å². The third kappa shape index (κ3) is 3.23. The standard InChI is InChI=1S/C13H15ClN2OS/c1-9-6-7-18-13(9)12(16-15)8-17-11-4-2-10(14)3-5-11/h2-7,12,16H,8,15H2,1H3. The summed E-state index contributed by atoms with van der Waals surface area (Å²) < 4.78 is 5.70. The maximum absolute atomic E-state index is 5.82. The molecule has 0 radical (unpaired) electrons. The molecule has 1 aromatic heterocycles. The van der Waals surface area contributed by atoms with E-state index in [4.69, 9.17) is 22.2 Å². The molecule has 1 atom stereocenters. The predicted molar refractivity (Wildman–Crippen MR) is 76.1 cm³/mol. The van der Waals surface area contributed by atoms with Crippen molar-refractivity contribution in [3.63, 3.8) is 0 Å². The lowest BCUT2D eigenvalue weighted by Gasteiger charge is -2.16. The number of rotatable bonds is 5. The Kier molecular flexibility index (Phi) is 4.60. The van der Waals surface area contributed by atoms with E-state index in [2.05, 4.69) is 23.8 Å². The summed E-state index contributed by atoms with van der Waals surface area (Å²) in [4.78, 5) is 1.20. The largest absolute Gasteiger partial charge is 0.492 e. The minimum absolute atomic E-state index is 0.000628. The Morgan fingerprint density at radius 2 is 2.06 bits per heavy atom. The molecule has 0 saturated carbocycles. The lowest BCUT2D eigenvalue weighted by molar-refractivity contribution is 0.269. The van der Waals surface area contributed by atoms with Crippen LogP contribution in [0, 0.1) is 6.92 Å². The molecule has 96 valence electrons. The van der Waals surface area contributed by atoms with Gasteiger partial charge in [-0.1, -0.05) is 11.6 Å². The fourth-order valence-electron chi connectivity index (χ4n) is 1.65. The maximum atomic E-state index is 5.82. The zero-order chi connectivity index (χ0) is 13.0. The van der Waals surface area contributed by atoms with Gasteiger partial charge in [-0.15, -0.1) is 11.3 Å². The van der Waals surface area contributed by atoms with E-state index in [1.54, 1.807) is 23.5 Å². The molecule has 1 aromatic carbocycles. The summed E-state index contributed by atoms with van der Waals surface area (Å²) >= 11 is 7.49. The third-order valence-corrected chi connectivity index (χ3v) is 4.03. The second-order valence-electron chi connectivity index (χ2n) is 3.95. The molecule has 1 heterocycles. The average molecular weight is 283 g/mol. The van der Waals surface area contributed by atoms with Crippen LogP contribution in [-0.4, -0.2) is 6.61 Å². The molecule has 0 spiro atoms. The number of hydrogen-bond donors (Lipinski definition) is 2. The van der Waals surface area contributed by atoms with E-state index in [9.17, 15) is 0 Å². The molecule has 1 unspecified atom stereocenters. The minimum Gasteiger partial charge on any atom is -0.492 e. The Morgan fingerprint density at radius 3 is 2.61 bits per heavy atom. The van der Waals surface area contributed by atoms with Crippen molar-refractivity contribution in [1.82, 2.24) is 5.43 Å². The zero-order valence-electron chi connectivity index (χ0n) is 10.0. The van der Waals surface area contributed by atoms with Crippen molar-refractivity contribution in [2.24, 2.45) is 5.84 Å². The first-order chi connectivity index (χ1) is 8.70. The van der Waals surface area contributed by atoms with Gasteiger partial charge in [-0.3, -0.25) is 5.84 Å². The molecule has 0 bridgehead atoms. The summed E-state index contributed by atoms with van der Waals surface area (Å²) in [6.07, 6.45) is 0. The molecule has 0 aliphatic rings. The van der Waals surface area contributed by atoms with Gasteiger partial charge in [0, 0.05) is 9.90 Å². The number of thiophene rings is 1. The van der Waals surface area contributed by atoms with Gasteiger partial charge in [-0.2, -0.15) is 0 Å².